The van der Waals surface area contributed by atoms with Crippen molar-refractivity contribution >= 4 is 27.3 Å². The Morgan fingerprint density at radius 1 is 1.37 bits per heavy atom. The Hall–Kier alpha value is -2.59. The number of H-pyrrole nitrogens is 1. The van der Waals surface area contributed by atoms with Crippen LogP contribution in [0.4, 0.5) is 0 Å². The molecule has 0 unspecified atom stereocenters. The van der Waals surface area contributed by atoms with Crippen LogP contribution < -0.4 is 0 Å². The van der Waals surface area contributed by atoms with E-state index in [0.717, 1.165) is 22.3 Å². The molecule has 9 nitrogen and oxygen atoms in total. The summed E-state index contributed by atoms with van der Waals surface area (Å²) in [5.41, 5.74) is 2.00. The molecule has 0 atom stereocenters. The Kier molecular flexibility index (Phi) is 4.31. The van der Waals surface area contributed by atoms with Gasteiger partial charge in [0.2, 0.25) is 10.0 Å². The van der Waals surface area contributed by atoms with Gasteiger partial charge in [0.05, 0.1) is 23.2 Å². The summed E-state index contributed by atoms with van der Waals surface area (Å²) in [5, 5.41) is 5.46. The molecule has 1 saturated heterocycles. The van der Waals surface area contributed by atoms with E-state index in [4.69, 9.17) is 0 Å². The molecule has 4 rings (SSSR count). The smallest absolute Gasteiger partial charge is 0.213 e. The van der Waals surface area contributed by atoms with Crippen molar-refractivity contribution in [3.8, 4) is 11.3 Å². The summed E-state index contributed by atoms with van der Waals surface area (Å²) in [6.07, 6.45) is 9.45. The van der Waals surface area contributed by atoms with E-state index < -0.39 is 15.6 Å². The number of hydrogen-bond acceptors (Lipinski definition) is 6. The predicted molar refractivity (Wildman–Crippen MR) is 103 cm³/mol. The Balaban J connectivity index is 1.68. The molecule has 3 aromatic rings. The van der Waals surface area contributed by atoms with Gasteiger partial charge in [0.1, 0.15) is 12.0 Å². The van der Waals surface area contributed by atoms with E-state index in [2.05, 4.69) is 25.0 Å². The quantitative estimate of drug-likeness (QED) is 0.641. The molecule has 27 heavy (non-hydrogen) atoms. The predicted octanol–water partition coefficient (Wildman–Crippen LogP) is 1.27. The average Bonchev–Trinajstić information content (AvgIpc) is 3.30. The zero-order chi connectivity index (χ0) is 19.1. The largest absolute Gasteiger partial charge is 0.346 e. The molecule has 142 valence electrons. The lowest BCUT2D eigenvalue weighted by Crippen LogP contribution is -2.64. The van der Waals surface area contributed by atoms with Crippen LogP contribution >= 0.6 is 0 Å². The van der Waals surface area contributed by atoms with E-state index in [0.29, 0.717) is 19.5 Å². The van der Waals surface area contributed by atoms with Crippen LogP contribution in [-0.2, 0) is 15.6 Å². The fourth-order valence-electron chi connectivity index (χ4n) is 3.43. The summed E-state index contributed by atoms with van der Waals surface area (Å²) in [6, 6.07) is 1.93. The second kappa shape index (κ2) is 6.54. The maximum atomic E-state index is 12.2. The first kappa shape index (κ1) is 17.8. The zero-order valence-electron chi connectivity index (χ0n) is 15.2. The van der Waals surface area contributed by atoms with Gasteiger partial charge in [0.15, 0.2) is 0 Å². The minimum absolute atomic E-state index is 0.0989. The molecule has 0 bridgehead atoms. The first-order valence-electron chi connectivity index (χ1n) is 8.71. The van der Waals surface area contributed by atoms with Gasteiger partial charge in [-0.2, -0.15) is 9.40 Å². The first-order chi connectivity index (χ1) is 13.0. The molecule has 1 N–H and O–H groups in total. The van der Waals surface area contributed by atoms with Crippen molar-refractivity contribution in [2.75, 3.05) is 25.9 Å². The molecule has 10 heteroatoms. The van der Waals surface area contributed by atoms with Crippen LogP contribution in [0.3, 0.4) is 0 Å². The van der Waals surface area contributed by atoms with Crippen molar-refractivity contribution in [2.45, 2.75) is 18.9 Å². The summed E-state index contributed by atoms with van der Waals surface area (Å²) in [5.74, 6) is 0.0989. The second-order valence-electron chi connectivity index (χ2n) is 6.67. The van der Waals surface area contributed by atoms with Crippen molar-refractivity contribution < 1.29 is 8.42 Å². The Bertz CT molecular complexity index is 1090. The molecular formula is C17H21N7O2S. The first-order valence-corrected chi connectivity index (χ1v) is 10.3. The SMILES string of the molecule is CCS(=O)(=O)N1CC(CC=NC)(n2cc(-c3ncnc4[nH]ccc34)cn2)C1. The molecule has 1 aliphatic rings. The van der Waals surface area contributed by atoms with Crippen LogP contribution in [0.5, 0.6) is 0 Å². The number of fused-ring (bicyclic) bond motifs is 1. The van der Waals surface area contributed by atoms with E-state index in [1.807, 2.05) is 29.4 Å². The number of rotatable bonds is 6. The highest BCUT2D eigenvalue weighted by atomic mass is 32.2. The molecule has 4 heterocycles. The maximum Gasteiger partial charge on any atom is 0.213 e. The van der Waals surface area contributed by atoms with Crippen molar-refractivity contribution in [1.82, 2.24) is 29.0 Å². The molecule has 0 radical (unpaired) electrons. The molecule has 0 saturated carbocycles. The fourth-order valence-corrected chi connectivity index (χ4v) is 4.66. The van der Waals surface area contributed by atoms with Crippen molar-refractivity contribution in [3.63, 3.8) is 0 Å². The van der Waals surface area contributed by atoms with Crippen molar-refractivity contribution in [3.05, 3.63) is 31.0 Å². The van der Waals surface area contributed by atoms with Crippen LogP contribution in [0.2, 0.25) is 0 Å². The van der Waals surface area contributed by atoms with Gasteiger partial charge in [0, 0.05) is 56.1 Å². The maximum absolute atomic E-state index is 12.2. The minimum atomic E-state index is -3.21. The Morgan fingerprint density at radius 3 is 2.93 bits per heavy atom. The second-order valence-corrected chi connectivity index (χ2v) is 8.93. The summed E-state index contributed by atoms with van der Waals surface area (Å²) < 4.78 is 27.7. The van der Waals surface area contributed by atoms with E-state index >= 15 is 0 Å². The standard InChI is InChI=1S/C17H21N7O2S/c1-3-27(25,26)23-10-17(11-23,5-7-18-2)24-9-13(8-22-24)15-14-4-6-19-16(14)21-12-20-15/h4,6-9,12H,3,5,10-11H2,1-2H3,(H,19,20,21). The van der Waals surface area contributed by atoms with E-state index in [1.54, 1.807) is 20.2 Å². The van der Waals surface area contributed by atoms with Gasteiger partial charge in [0.25, 0.3) is 0 Å². The highest BCUT2D eigenvalue weighted by Crippen LogP contribution is 2.35. The van der Waals surface area contributed by atoms with Gasteiger partial charge >= 0.3 is 0 Å². The molecule has 1 aliphatic heterocycles. The summed E-state index contributed by atoms with van der Waals surface area (Å²) in [4.78, 5) is 15.8. The number of sulfonamides is 1. The van der Waals surface area contributed by atoms with Gasteiger partial charge in [-0.05, 0) is 13.0 Å². The van der Waals surface area contributed by atoms with Crippen LogP contribution in [0.25, 0.3) is 22.3 Å². The number of hydrogen-bond donors (Lipinski definition) is 1. The summed E-state index contributed by atoms with van der Waals surface area (Å²) >= 11 is 0. The monoisotopic (exact) mass is 387 g/mol. The Morgan fingerprint density at radius 2 is 2.19 bits per heavy atom. The molecule has 0 aliphatic carbocycles. The zero-order valence-corrected chi connectivity index (χ0v) is 16.0. The third kappa shape index (κ3) is 2.94. The highest BCUT2D eigenvalue weighted by Gasteiger charge is 2.49. The highest BCUT2D eigenvalue weighted by molar-refractivity contribution is 7.89. The molecule has 0 aromatic carbocycles. The van der Waals surface area contributed by atoms with Gasteiger partial charge in [-0.3, -0.25) is 4.68 Å². The topological polar surface area (TPSA) is 109 Å². The van der Waals surface area contributed by atoms with Crippen molar-refractivity contribution in [2.24, 2.45) is 4.99 Å². The van der Waals surface area contributed by atoms with Crippen LogP contribution in [0.1, 0.15) is 13.3 Å². The number of nitrogens with one attached hydrogen (secondary N) is 1. The number of aromatic nitrogens is 5. The summed E-state index contributed by atoms with van der Waals surface area (Å²) in [6.45, 7) is 2.44. The van der Waals surface area contributed by atoms with Crippen molar-refractivity contribution in [1.29, 1.82) is 0 Å². The van der Waals surface area contributed by atoms with Crippen LogP contribution in [0, 0.1) is 0 Å². The summed E-state index contributed by atoms with van der Waals surface area (Å²) in [7, 11) is -1.50. The normalized spacial score (nSPS) is 17.6. The van der Waals surface area contributed by atoms with E-state index in [9.17, 15) is 8.42 Å². The third-order valence-electron chi connectivity index (χ3n) is 5.05. The molecule has 1 fully saturated rings. The number of aromatic amines is 1. The van der Waals surface area contributed by atoms with E-state index in [1.165, 1.54) is 10.6 Å². The lowest BCUT2D eigenvalue weighted by molar-refractivity contribution is 0.0755. The lowest BCUT2D eigenvalue weighted by atomic mass is 9.89. The third-order valence-corrected chi connectivity index (χ3v) is 6.82. The van der Waals surface area contributed by atoms with Crippen LogP contribution in [-0.4, -0.2) is 69.6 Å². The van der Waals surface area contributed by atoms with Gasteiger partial charge in [-0.1, -0.05) is 0 Å². The van der Waals surface area contributed by atoms with Gasteiger partial charge in [-0.25, -0.2) is 18.4 Å². The average molecular weight is 387 g/mol. The molecular weight excluding hydrogens is 366 g/mol. The minimum Gasteiger partial charge on any atom is -0.346 e. The number of aliphatic imine (C=N–C) groups is 1. The van der Waals surface area contributed by atoms with Gasteiger partial charge in [-0.15, -0.1) is 0 Å². The molecule has 0 spiro atoms. The van der Waals surface area contributed by atoms with E-state index in [-0.39, 0.29) is 5.75 Å². The number of nitrogens with zero attached hydrogens (tertiary/aromatic N) is 6. The fraction of sp³-hybridized carbons (Fsp3) is 0.412. The molecule has 3 aromatic heterocycles. The van der Waals surface area contributed by atoms with Crippen LogP contribution in [0.15, 0.2) is 36.0 Å². The van der Waals surface area contributed by atoms with Gasteiger partial charge < -0.3 is 9.98 Å². The Labute approximate surface area is 157 Å². The lowest BCUT2D eigenvalue weighted by Gasteiger charge is -2.48. The molecule has 0 amide bonds.